The molecule has 2 aromatic rings. The molecule has 2 rings (SSSR count). The van der Waals surface area contributed by atoms with E-state index in [-0.39, 0.29) is 6.54 Å². The van der Waals surface area contributed by atoms with Crippen LogP contribution < -0.4 is 24.8 Å². The SMILES string of the molecule is CCNC(=NCC(O)c1cc(OC)cc(OC)c1)NCCc1cc(C)ccc1OC. The molecule has 0 heterocycles. The zero-order valence-electron chi connectivity index (χ0n) is 18.5. The second-order valence-electron chi connectivity index (χ2n) is 6.87. The summed E-state index contributed by atoms with van der Waals surface area (Å²) in [7, 11) is 4.85. The van der Waals surface area contributed by atoms with Gasteiger partial charge in [-0.3, -0.25) is 4.99 Å². The van der Waals surface area contributed by atoms with Crippen LogP contribution in [0.15, 0.2) is 41.4 Å². The monoisotopic (exact) mass is 415 g/mol. The van der Waals surface area contributed by atoms with Crippen LogP contribution in [0, 0.1) is 6.92 Å². The highest BCUT2D eigenvalue weighted by molar-refractivity contribution is 5.79. The summed E-state index contributed by atoms with van der Waals surface area (Å²) in [5, 5.41) is 17.1. The Hall–Kier alpha value is -2.93. The molecule has 0 radical (unpaired) electrons. The van der Waals surface area contributed by atoms with Gasteiger partial charge in [0.1, 0.15) is 17.2 Å². The maximum absolute atomic E-state index is 10.6. The summed E-state index contributed by atoms with van der Waals surface area (Å²) in [6.07, 6.45) is 0.0200. The van der Waals surface area contributed by atoms with Gasteiger partial charge in [0.05, 0.1) is 34.0 Å². The number of aliphatic hydroxyl groups excluding tert-OH is 1. The fraction of sp³-hybridized carbons (Fsp3) is 0.435. The van der Waals surface area contributed by atoms with Crippen LogP contribution in [0.2, 0.25) is 0 Å². The molecule has 7 nitrogen and oxygen atoms in total. The van der Waals surface area contributed by atoms with Gasteiger partial charge in [0.15, 0.2) is 5.96 Å². The number of ether oxygens (including phenoxy) is 3. The lowest BCUT2D eigenvalue weighted by molar-refractivity contribution is 0.186. The Balaban J connectivity index is 2.01. The quantitative estimate of drug-likeness (QED) is 0.409. The van der Waals surface area contributed by atoms with Gasteiger partial charge in [0.2, 0.25) is 0 Å². The molecule has 2 aromatic carbocycles. The second kappa shape index (κ2) is 11.9. The van der Waals surface area contributed by atoms with E-state index in [4.69, 9.17) is 14.2 Å². The van der Waals surface area contributed by atoms with Crippen LogP contribution in [0.25, 0.3) is 0 Å². The predicted molar refractivity (Wildman–Crippen MR) is 120 cm³/mol. The summed E-state index contributed by atoms with van der Waals surface area (Å²) in [5.74, 6) is 2.79. The molecular weight excluding hydrogens is 382 g/mol. The number of guanidine groups is 1. The molecule has 0 saturated heterocycles. The van der Waals surface area contributed by atoms with Crippen molar-refractivity contribution in [1.29, 1.82) is 0 Å². The van der Waals surface area contributed by atoms with Crippen LogP contribution in [0.3, 0.4) is 0 Å². The number of aryl methyl sites for hydroxylation is 1. The Morgan fingerprint density at radius 1 is 1.00 bits per heavy atom. The van der Waals surface area contributed by atoms with Crippen LogP contribution in [-0.4, -0.2) is 52.0 Å². The van der Waals surface area contributed by atoms with Gasteiger partial charge in [-0.2, -0.15) is 0 Å². The average molecular weight is 416 g/mol. The van der Waals surface area contributed by atoms with Crippen LogP contribution >= 0.6 is 0 Å². The first-order chi connectivity index (χ1) is 14.5. The third kappa shape index (κ3) is 6.84. The number of nitrogens with one attached hydrogen (secondary N) is 2. The zero-order valence-corrected chi connectivity index (χ0v) is 18.5. The Kier molecular flexibility index (Phi) is 9.28. The van der Waals surface area contributed by atoms with Gasteiger partial charge < -0.3 is 30.0 Å². The highest BCUT2D eigenvalue weighted by atomic mass is 16.5. The number of aliphatic imine (C=N–C) groups is 1. The highest BCUT2D eigenvalue weighted by Crippen LogP contribution is 2.26. The number of nitrogens with zero attached hydrogens (tertiary/aromatic N) is 1. The zero-order chi connectivity index (χ0) is 21.9. The van der Waals surface area contributed by atoms with Crippen molar-refractivity contribution in [3.05, 3.63) is 53.1 Å². The molecule has 164 valence electrons. The molecule has 0 amide bonds. The molecule has 3 N–H and O–H groups in total. The van der Waals surface area contributed by atoms with Gasteiger partial charge in [-0.25, -0.2) is 0 Å². The summed E-state index contributed by atoms with van der Waals surface area (Å²) >= 11 is 0. The summed E-state index contributed by atoms with van der Waals surface area (Å²) in [4.78, 5) is 4.52. The van der Waals surface area contributed by atoms with Crippen LogP contribution in [0.5, 0.6) is 17.2 Å². The molecule has 0 spiro atoms. The molecule has 1 unspecified atom stereocenters. The van der Waals surface area contributed by atoms with Gasteiger partial charge >= 0.3 is 0 Å². The van der Waals surface area contributed by atoms with E-state index in [9.17, 15) is 5.11 Å². The fourth-order valence-corrected chi connectivity index (χ4v) is 3.07. The number of methoxy groups -OCH3 is 3. The number of aliphatic hydroxyl groups is 1. The number of benzene rings is 2. The molecule has 0 saturated carbocycles. The minimum absolute atomic E-state index is 0.208. The lowest BCUT2D eigenvalue weighted by Gasteiger charge is -2.15. The van der Waals surface area contributed by atoms with Crippen molar-refractivity contribution in [3.8, 4) is 17.2 Å². The number of hydrogen-bond donors (Lipinski definition) is 3. The van der Waals surface area contributed by atoms with E-state index in [0.29, 0.717) is 29.6 Å². The largest absolute Gasteiger partial charge is 0.497 e. The van der Waals surface area contributed by atoms with Gasteiger partial charge in [-0.15, -0.1) is 0 Å². The molecule has 0 fully saturated rings. The van der Waals surface area contributed by atoms with Crippen molar-refractivity contribution in [2.75, 3.05) is 41.0 Å². The van der Waals surface area contributed by atoms with Gasteiger partial charge in [-0.05, 0) is 49.6 Å². The fourth-order valence-electron chi connectivity index (χ4n) is 3.07. The third-order valence-electron chi connectivity index (χ3n) is 4.65. The average Bonchev–Trinajstić information content (AvgIpc) is 2.76. The highest BCUT2D eigenvalue weighted by Gasteiger charge is 2.11. The Morgan fingerprint density at radius 3 is 2.30 bits per heavy atom. The molecular formula is C23H33N3O4. The number of rotatable bonds is 10. The normalized spacial score (nSPS) is 12.3. The third-order valence-corrected chi connectivity index (χ3v) is 4.65. The first kappa shape index (κ1) is 23.3. The van der Waals surface area contributed by atoms with Crippen LogP contribution in [0.4, 0.5) is 0 Å². The Labute approximate surface area is 179 Å². The van der Waals surface area contributed by atoms with E-state index < -0.39 is 6.10 Å². The van der Waals surface area contributed by atoms with Gasteiger partial charge in [-0.1, -0.05) is 17.7 Å². The minimum atomic E-state index is -0.777. The molecule has 7 heteroatoms. The summed E-state index contributed by atoms with van der Waals surface area (Å²) in [6.45, 7) is 5.69. The van der Waals surface area contributed by atoms with Crippen molar-refractivity contribution in [3.63, 3.8) is 0 Å². The molecule has 0 aliphatic rings. The Morgan fingerprint density at radius 2 is 1.70 bits per heavy atom. The lowest BCUT2D eigenvalue weighted by atomic mass is 10.1. The summed E-state index contributed by atoms with van der Waals surface area (Å²) in [5.41, 5.74) is 3.03. The molecule has 1 atom stereocenters. The molecule has 30 heavy (non-hydrogen) atoms. The molecule has 0 aliphatic carbocycles. The smallest absolute Gasteiger partial charge is 0.191 e. The van der Waals surface area contributed by atoms with Crippen molar-refractivity contribution in [2.45, 2.75) is 26.4 Å². The van der Waals surface area contributed by atoms with Crippen LogP contribution in [0.1, 0.15) is 29.7 Å². The van der Waals surface area contributed by atoms with E-state index in [2.05, 4.69) is 28.6 Å². The first-order valence-electron chi connectivity index (χ1n) is 10.1. The van der Waals surface area contributed by atoms with E-state index in [0.717, 1.165) is 24.3 Å². The maximum Gasteiger partial charge on any atom is 0.191 e. The van der Waals surface area contributed by atoms with E-state index >= 15 is 0 Å². The molecule has 0 aromatic heterocycles. The van der Waals surface area contributed by atoms with Crippen molar-refractivity contribution in [1.82, 2.24) is 10.6 Å². The summed E-state index contributed by atoms with van der Waals surface area (Å²) < 4.78 is 16.0. The van der Waals surface area contributed by atoms with Crippen molar-refractivity contribution < 1.29 is 19.3 Å². The minimum Gasteiger partial charge on any atom is -0.497 e. The van der Waals surface area contributed by atoms with E-state index in [1.54, 1.807) is 39.5 Å². The topological polar surface area (TPSA) is 84.3 Å². The number of hydrogen-bond acceptors (Lipinski definition) is 5. The van der Waals surface area contributed by atoms with E-state index in [1.165, 1.54) is 5.56 Å². The maximum atomic E-state index is 10.6. The standard InChI is InChI=1S/C23H33N3O4/c1-6-24-23(25-10-9-17-11-16(2)7-8-22(17)30-5)26-15-21(27)18-12-19(28-3)14-20(13-18)29-4/h7-8,11-14,21,27H,6,9-10,15H2,1-5H3,(H2,24,25,26). The first-order valence-corrected chi connectivity index (χ1v) is 10.1. The van der Waals surface area contributed by atoms with Crippen molar-refractivity contribution in [2.24, 2.45) is 4.99 Å². The molecule has 0 bridgehead atoms. The van der Waals surface area contributed by atoms with Gasteiger partial charge in [0.25, 0.3) is 0 Å². The second-order valence-corrected chi connectivity index (χ2v) is 6.87. The van der Waals surface area contributed by atoms with Gasteiger partial charge in [0, 0.05) is 19.2 Å². The lowest BCUT2D eigenvalue weighted by Crippen LogP contribution is -2.38. The summed E-state index contributed by atoms with van der Waals surface area (Å²) in [6, 6.07) is 11.5. The predicted octanol–water partition coefficient (Wildman–Crippen LogP) is 2.85. The van der Waals surface area contributed by atoms with Crippen molar-refractivity contribution >= 4 is 5.96 Å². The Bertz CT molecular complexity index is 817. The van der Waals surface area contributed by atoms with Crippen LogP contribution in [-0.2, 0) is 6.42 Å². The molecule has 0 aliphatic heterocycles. The van der Waals surface area contributed by atoms with E-state index in [1.807, 2.05) is 19.1 Å².